The van der Waals surface area contributed by atoms with E-state index in [-0.39, 0.29) is 0 Å². The first kappa shape index (κ1) is 12.0. The van der Waals surface area contributed by atoms with Gasteiger partial charge in [-0.3, -0.25) is 4.90 Å². The van der Waals surface area contributed by atoms with E-state index in [4.69, 9.17) is 5.73 Å². The molecule has 4 aliphatic carbocycles. The predicted octanol–water partition coefficient (Wildman–Crippen LogP) is 2.48. The zero-order valence-electron chi connectivity index (χ0n) is 11.7. The zero-order chi connectivity index (χ0) is 12.2. The molecule has 0 aromatic rings. The number of hydrogen-bond acceptors (Lipinski definition) is 2. The third-order valence-electron chi connectivity index (χ3n) is 6.31. The van der Waals surface area contributed by atoms with Crippen molar-refractivity contribution in [3.8, 4) is 0 Å². The fraction of sp³-hybridized carbons (Fsp3) is 1.00. The summed E-state index contributed by atoms with van der Waals surface area (Å²) in [7, 11) is 2.32. The normalized spacial score (nSPS) is 48.4. The molecule has 0 amide bonds. The van der Waals surface area contributed by atoms with Crippen molar-refractivity contribution in [2.45, 2.75) is 57.5 Å². The Kier molecular flexibility index (Phi) is 2.79. The smallest absolute Gasteiger partial charge is 0.0387 e. The van der Waals surface area contributed by atoms with E-state index in [0.29, 0.717) is 11.6 Å². The Hall–Kier alpha value is -0.0800. The van der Waals surface area contributed by atoms with Gasteiger partial charge in [0.2, 0.25) is 0 Å². The molecule has 2 N–H and O–H groups in total. The van der Waals surface area contributed by atoms with Crippen LogP contribution in [0.4, 0.5) is 0 Å². The van der Waals surface area contributed by atoms with Crippen molar-refractivity contribution in [3.05, 3.63) is 0 Å². The average molecular weight is 236 g/mol. The fourth-order valence-electron chi connectivity index (χ4n) is 5.53. The lowest BCUT2D eigenvalue weighted by molar-refractivity contribution is -0.131. The van der Waals surface area contributed by atoms with E-state index in [1.165, 1.54) is 32.1 Å². The molecule has 0 saturated heterocycles. The molecule has 2 heteroatoms. The molecule has 4 rings (SSSR count). The van der Waals surface area contributed by atoms with E-state index >= 15 is 0 Å². The van der Waals surface area contributed by atoms with Crippen LogP contribution in [0.5, 0.6) is 0 Å². The van der Waals surface area contributed by atoms with Crippen LogP contribution in [0.15, 0.2) is 0 Å². The van der Waals surface area contributed by atoms with Crippen LogP contribution in [0.1, 0.15) is 46.0 Å². The van der Waals surface area contributed by atoms with Gasteiger partial charge in [-0.25, -0.2) is 0 Å². The van der Waals surface area contributed by atoms with Crippen LogP contribution in [0.2, 0.25) is 0 Å². The molecule has 4 aliphatic rings. The SMILES string of the molecule is CC(C)N(C)C1(CN)C2CC3CC(C2)CC1C3. The van der Waals surface area contributed by atoms with Crippen molar-refractivity contribution in [1.82, 2.24) is 4.90 Å². The second-order valence-corrected chi connectivity index (χ2v) is 7.20. The number of likely N-dealkylation sites (N-methyl/N-ethyl adjacent to an activating group) is 1. The van der Waals surface area contributed by atoms with E-state index in [1.54, 1.807) is 0 Å². The number of hydrogen-bond donors (Lipinski definition) is 1. The van der Waals surface area contributed by atoms with Crippen LogP contribution in [0, 0.1) is 23.7 Å². The maximum atomic E-state index is 6.29. The van der Waals surface area contributed by atoms with Crippen LogP contribution >= 0.6 is 0 Å². The summed E-state index contributed by atoms with van der Waals surface area (Å²) in [4.78, 5) is 2.63. The molecule has 4 saturated carbocycles. The van der Waals surface area contributed by atoms with Gasteiger partial charge in [0.15, 0.2) is 0 Å². The average Bonchev–Trinajstić information content (AvgIpc) is 2.28. The van der Waals surface area contributed by atoms with E-state index in [9.17, 15) is 0 Å². The van der Waals surface area contributed by atoms with Crippen molar-refractivity contribution in [2.75, 3.05) is 13.6 Å². The minimum atomic E-state index is 0.335. The summed E-state index contributed by atoms with van der Waals surface area (Å²) in [5, 5.41) is 0. The molecule has 4 bridgehead atoms. The highest BCUT2D eigenvalue weighted by molar-refractivity contribution is 5.12. The van der Waals surface area contributed by atoms with Gasteiger partial charge >= 0.3 is 0 Å². The summed E-state index contributed by atoms with van der Waals surface area (Å²) >= 11 is 0. The van der Waals surface area contributed by atoms with Gasteiger partial charge in [0.1, 0.15) is 0 Å². The molecule has 0 atom stereocenters. The van der Waals surface area contributed by atoms with Gasteiger partial charge in [-0.05, 0) is 76.7 Å². The van der Waals surface area contributed by atoms with E-state index in [2.05, 4.69) is 25.8 Å². The Morgan fingerprint density at radius 1 is 1.06 bits per heavy atom. The molecule has 0 radical (unpaired) electrons. The van der Waals surface area contributed by atoms with Crippen molar-refractivity contribution in [1.29, 1.82) is 0 Å². The van der Waals surface area contributed by atoms with Crippen LogP contribution in [-0.4, -0.2) is 30.1 Å². The van der Waals surface area contributed by atoms with Crippen molar-refractivity contribution in [3.63, 3.8) is 0 Å². The summed E-state index contributed by atoms with van der Waals surface area (Å²) in [6.07, 6.45) is 7.37. The van der Waals surface area contributed by atoms with E-state index in [1.807, 2.05) is 0 Å². The highest BCUT2D eigenvalue weighted by atomic mass is 15.2. The quantitative estimate of drug-likeness (QED) is 0.815. The van der Waals surface area contributed by atoms with E-state index < -0.39 is 0 Å². The standard InChI is InChI=1S/C15H28N2/c1-10(2)17(3)15(9-16)13-5-11-4-12(7-13)8-14(15)6-11/h10-14H,4-9,16H2,1-3H3. The molecule has 0 spiro atoms. The Labute approximate surface area is 106 Å². The van der Waals surface area contributed by atoms with Crippen LogP contribution in [0.25, 0.3) is 0 Å². The second kappa shape index (κ2) is 3.96. The number of rotatable bonds is 3. The van der Waals surface area contributed by atoms with Gasteiger partial charge in [-0.1, -0.05) is 0 Å². The molecule has 98 valence electrons. The molecule has 17 heavy (non-hydrogen) atoms. The first-order valence-electron chi connectivity index (χ1n) is 7.51. The van der Waals surface area contributed by atoms with Crippen LogP contribution in [-0.2, 0) is 0 Å². The maximum Gasteiger partial charge on any atom is 0.0387 e. The predicted molar refractivity (Wildman–Crippen MR) is 71.7 cm³/mol. The first-order chi connectivity index (χ1) is 8.07. The van der Waals surface area contributed by atoms with Gasteiger partial charge in [0.25, 0.3) is 0 Å². The fourth-order valence-corrected chi connectivity index (χ4v) is 5.53. The third kappa shape index (κ3) is 1.53. The second-order valence-electron chi connectivity index (χ2n) is 7.20. The van der Waals surface area contributed by atoms with Crippen molar-refractivity contribution < 1.29 is 0 Å². The monoisotopic (exact) mass is 236 g/mol. The topological polar surface area (TPSA) is 29.3 Å². The van der Waals surface area contributed by atoms with E-state index in [0.717, 1.165) is 30.2 Å². The summed E-state index contributed by atoms with van der Waals surface area (Å²) in [6, 6.07) is 0.621. The lowest BCUT2D eigenvalue weighted by Gasteiger charge is -2.64. The summed E-state index contributed by atoms with van der Waals surface area (Å²) in [5.41, 5.74) is 6.62. The molecule has 2 nitrogen and oxygen atoms in total. The molecule has 0 aromatic heterocycles. The minimum absolute atomic E-state index is 0.335. The van der Waals surface area contributed by atoms with Crippen molar-refractivity contribution >= 4 is 0 Å². The van der Waals surface area contributed by atoms with Crippen LogP contribution < -0.4 is 5.73 Å². The minimum Gasteiger partial charge on any atom is -0.329 e. The highest BCUT2D eigenvalue weighted by Crippen LogP contribution is 2.59. The Bertz CT molecular complexity index is 269. The van der Waals surface area contributed by atoms with Gasteiger partial charge in [-0.2, -0.15) is 0 Å². The molecular formula is C15H28N2. The Morgan fingerprint density at radius 2 is 1.53 bits per heavy atom. The number of nitrogens with zero attached hydrogens (tertiary/aromatic N) is 1. The van der Waals surface area contributed by atoms with Gasteiger partial charge in [0.05, 0.1) is 0 Å². The van der Waals surface area contributed by atoms with Gasteiger partial charge < -0.3 is 5.73 Å². The largest absolute Gasteiger partial charge is 0.329 e. The molecule has 0 unspecified atom stereocenters. The third-order valence-corrected chi connectivity index (χ3v) is 6.31. The van der Waals surface area contributed by atoms with Crippen LogP contribution in [0.3, 0.4) is 0 Å². The van der Waals surface area contributed by atoms with Crippen molar-refractivity contribution in [2.24, 2.45) is 29.4 Å². The molecule has 0 aromatic carbocycles. The molecule has 4 fully saturated rings. The molecule has 0 heterocycles. The highest BCUT2D eigenvalue weighted by Gasteiger charge is 2.58. The zero-order valence-corrected chi connectivity index (χ0v) is 11.7. The first-order valence-corrected chi connectivity index (χ1v) is 7.51. The maximum absolute atomic E-state index is 6.29. The lowest BCUT2D eigenvalue weighted by atomic mass is 9.48. The lowest BCUT2D eigenvalue weighted by Crippen LogP contribution is -2.69. The summed E-state index contributed by atoms with van der Waals surface area (Å²) in [5.74, 6) is 3.85. The Morgan fingerprint density at radius 3 is 1.88 bits per heavy atom. The summed E-state index contributed by atoms with van der Waals surface area (Å²) in [6.45, 7) is 5.52. The molecule has 0 aliphatic heterocycles. The Balaban J connectivity index is 1.94. The van der Waals surface area contributed by atoms with Gasteiger partial charge in [0, 0.05) is 18.1 Å². The molecular weight excluding hydrogens is 208 g/mol. The number of nitrogens with two attached hydrogens (primary N) is 1. The summed E-state index contributed by atoms with van der Waals surface area (Å²) < 4.78 is 0. The van der Waals surface area contributed by atoms with Gasteiger partial charge in [-0.15, -0.1) is 0 Å².